The molecule has 0 unspecified atom stereocenters. The van der Waals surface area contributed by atoms with Gasteiger partial charge in [-0.1, -0.05) is 6.07 Å². The maximum absolute atomic E-state index is 10.7. The summed E-state index contributed by atoms with van der Waals surface area (Å²) in [5.41, 5.74) is 7.59. The molecule has 0 spiro atoms. The minimum atomic E-state index is -0.503. The van der Waals surface area contributed by atoms with Gasteiger partial charge in [0.25, 0.3) is 5.69 Å². The number of nitrogens with zero attached hydrogens (tertiary/aromatic N) is 1. The lowest BCUT2D eigenvalue weighted by atomic mass is 10.2. The fourth-order valence-corrected chi connectivity index (χ4v) is 2.35. The van der Waals surface area contributed by atoms with E-state index in [1.165, 1.54) is 6.07 Å². The van der Waals surface area contributed by atoms with Crippen molar-refractivity contribution >= 4 is 27.3 Å². The summed E-state index contributed by atoms with van der Waals surface area (Å²) in [5, 5.41) is 10.7. The van der Waals surface area contributed by atoms with E-state index in [1.807, 2.05) is 25.1 Å². The minimum absolute atomic E-state index is 0.0923. The molecular weight excluding hydrogens is 324 g/mol. The number of nitrogen functional groups attached to an aromatic ring is 1. The van der Waals surface area contributed by atoms with Crippen LogP contribution < -0.4 is 10.5 Å². The molecule has 0 bridgehead atoms. The zero-order valence-electron chi connectivity index (χ0n) is 10.8. The van der Waals surface area contributed by atoms with Gasteiger partial charge in [-0.05, 0) is 58.2 Å². The molecule has 20 heavy (non-hydrogen) atoms. The number of anilines is 1. The highest BCUT2D eigenvalue weighted by Crippen LogP contribution is 2.27. The van der Waals surface area contributed by atoms with E-state index in [9.17, 15) is 10.1 Å². The molecule has 0 aliphatic carbocycles. The average Bonchev–Trinajstić information content (AvgIpc) is 2.37. The lowest BCUT2D eigenvalue weighted by molar-refractivity contribution is -0.383. The normalized spacial score (nSPS) is 10.3. The number of halogens is 1. The lowest BCUT2D eigenvalue weighted by Crippen LogP contribution is -2.00. The number of hydrogen-bond acceptors (Lipinski definition) is 4. The van der Waals surface area contributed by atoms with Crippen molar-refractivity contribution in [2.75, 3.05) is 5.73 Å². The molecule has 2 aromatic carbocycles. The molecule has 0 atom stereocenters. The maximum atomic E-state index is 10.7. The minimum Gasteiger partial charge on any atom is -0.488 e. The summed E-state index contributed by atoms with van der Waals surface area (Å²) in [6.45, 7) is 2.29. The Morgan fingerprint density at radius 3 is 2.65 bits per heavy atom. The largest absolute Gasteiger partial charge is 0.488 e. The molecular formula is C14H13BrN2O3. The summed E-state index contributed by atoms with van der Waals surface area (Å²) in [5.74, 6) is 0.715. The number of benzene rings is 2. The van der Waals surface area contributed by atoms with Gasteiger partial charge in [0.15, 0.2) is 0 Å². The molecule has 6 heteroatoms. The third-order valence-corrected chi connectivity index (χ3v) is 3.39. The van der Waals surface area contributed by atoms with Gasteiger partial charge in [-0.25, -0.2) is 0 Å². The molecule has 0 amide bonds. The Bertz CT molecular complexity index is 659. The van der Waals surface area contributed by atoms with Crippen LogP contribution in [0, 0.1) is 17.0 Å². The standard InChI is InChI=1S/C14H13BrN2O3/c1-9-2-5-14(11(15)6-9)20-8-10-3-4-13(17(18)19)12(16)7-10/h2-7H,8,16H2,1H3. The van der Waals surface area contributed by atoms with E-state index in [0.717, 1.165) is 15.6 Å². The van der Waals surface area contributed by atoms with Crippen molar-refractivity contribution in [3.05, 3.63) is 62.1 Å². The average molecular weight is 337 g/mol. The van der Waals surface area contributed by atoms with E-state index in [-0.39, 0.29) is 11.4 Å². The van der Waals surface area contributed by atoms with Gasteiger partial charge in [-0.2, -0.15) is 0 Å². The van der Waals surface area contributed by atoms with Gasteiger partial charge in [0.2, 0.25) is 0 Å². The smallest absolute Gasteiger partial charge is 0.292 e. The summed E-state index contributed by atoms with van der Waals surface area (Å²) < 4.78 is 6.53. The molecule has 0 aliphatic heterocycles. The molecule has 2 N–H and O–H groups in total. The number of ether oxygens (including phenoxy) is 1. The Kier molecular flexibility index (Phi) is 4.24. The van der Waals surface area contributed by atoms with Crippen molar-refractivity contribution in [3.63, 3.8) is 0 Å². The van der Waals surface area contributed by atoms with Crippen LogP contribution in [-0.4, -0.2) is 4.92 Å². The predicted molar refractivity (Wildman–Crippen MR) is 80.7 cm³/mol. The number of rotatable bonds is 4. The zero-order valence-corrected chi connectivity index (χ0v) is 12.4. The maximum Gasteiger partial charge on any atom is 0.292 e. The fourth-order valence-electron chi connectivity index (χ4n) is 1.74. The van der Waals surface area contributed by atoms with Gasteiger partial charge < -0.3 is 10.5 Å². The highest BCUT2D eigenvalue weighted by atomic mass is 79.9. The van der Waals surface area contributed by atoms with E-state index in [1.54, 1.807) is 12.1 Å². The Hall–Kier alpha value is -2.08. The van der Waals surface area contributed by atoms with Crippen LogP contribution >= 0.6 is 15.9 Å². The van der Waals surface area contributed by atoms with Gasteiger partial charge in [-0.15, -0.1) is 0 Å². The first-order valence-corrected chi connectivity index (χ1v) is 6.68. The van der Waals surface area contributed by atoms with Crippen molar-refractivity contribution < 1.29 is 9.66 Å². The number of nitrogens with two attached hydrogens (primary N) is 1. The first kappa shape index (κ1) is 14.3. The van der Waals surface area contributed by atoms with Crippen molar-refractivity contribution in [3.8, 4) is 5.75 Å². The number of hydrogen-bond donors (Lipinski definition) is 1. The van der Waals surface area contributed by atoms with Gasteiger partial charge in [-0.3, -0.25) is 10.1 Å². The number of nitro groups is 1. The first-order chi connectivity index (χ1) is 9.47. The quantitative estimate of drug-likeness (QED) is 0.522. The summed E-state index contributed by atoms with van der Waals surface area (Å²) >= 11 is 3.43. The second-order valence-corrected chi connectivity index (χ2v) is 5.23. The molecule has 0 aliphatic rings. The second kappa shape index (κ2) is 5.92. The molecule has 2 rings (SSSR count). The zero-order chi connectivity index (χ0) is 14.7. The van der Waals surface area contributed by atoms with Crippen molar-refractivity contribution in [2.24, 2.45) is 0 Å². The predicted octanol–water partition coefficient (Wildman–Crippen LogP) is 3.83. The Labute approximate surface area is 124 Å². The van der Waals surface area contributed by atoms with Crippen LogP contribution in [0.15, 0.2) is 40.9 Å². The summed E-state index contributed by atoms with van der Waals surface area (Å²) in [7, 11) is 0. The van der Waals surface area contributed by atoms with Crippen LogP contribution in [0.4, 0.5) is 11.4 Å². The molecule has 0 aromatic heterocycles. The van der Waals surface area contributed by atoms with E-state index in [4.69, 9.17) is 10.5 Å². The lowest BCUT2D eigenvalue weighted by Gasteiger charge is -2.09. The van der Waals surface area contributed by atoms with Crippen LogP contribution in [0.2, 0.25) is 0 Å². The SMILES string of the molecule is Cc1ccc(OCc2ccc([N+](=O)[O-])c(N)c2)c(Br)c1. The molecule has 0 saturated carbocycles. The Morgan fingerprint density at radius 2 is 2.05 bits per heavy atom. The molecule has 0 radical (unpaired) electrons. The van der Waals surface area contributed by atoms with Gasteiger partial charge in [0, 0.05) is 6.07 Å². The Morgan fingerprint density at radius 1 is 1.30 bits per heavy atom. The monoisotopic (exact) mass is 336 g/mol. The van der Waals surface area contributed by atoms with Gasteiger partial charge in [0.05, 0.1) is 9.40 Å². The second-order valence-electron chi connectivity index (χ2n) is 4.37. The fraction of sp³-hybridized carbons (Fsp3) is 0.143. The highest BCUT2D eigenvalue weighted by molar-refractivity contribution is 9.10. The van der Waals surface area contributed by atoms with Gasteiger partial charge in [0.1, 0.15) is 18.0 Å². The van der Waals surface area contributed by atoms with Crippen molar-refractivity contribution in [2.45, 2.75) is 13.5 Å². The van der Waals surface area contributed by atoms with E-state index < -0.39 is 4.92 Å². The Balaban J connectivity index is 2.11. The van der Waals surface area contributed by atoms with Crippen LogP contribution in [-0.2, 0) is 6.61 Å². The highest BCUT2D eigenvalue weighted by Gasteiger charge is 2.11. The van der Waals surface area contributed by atoms with Crippen LogP contribution in [0.25, 0.3) is 0 Å². The first-order valence-electron chi connectivity index (χ1n) is 5.89. The summed E-state index contributed by atoms with van der Waals surface area (Å²) in [6, 6.07) is 10.4. The molecule has 5 nitrogen and oxygen atoms in total. The van der Waals surface area contributed by atoms with E-state index >= 15 is 0 Å². The van der Waals surface area contributed by atoms with Crippen molar-refractivity contribution in [1.82, 2.24) is 0 Å². The van der Waals surface area contributed by atoms with E-state index in [0.29, 0.717) is 12.4 Å². The summed E-state index contributed by atoms with van der Waals surface area (Å²) in [6.07, 6.45) is 0. The number of nitro benzene ring substituents is 1. The molecule has 2 aromatic rings. The molecule has 0 saturated heterocycles. The van der Waals surface area contributed by atoms with Crippen LogP contribution in [0.3, 0.4) is 0 Å². The topological polar surface area (TPSA) is 78.4 Å². The van der Waals surface area contributed by atoms with Gasteiger partial charge >= 0.3 is 0 Å². The molecule has 104 valence electrons. The third-order valence-electron chi connectivity index (χ3n) is 2.77. The third kappa shape index (κ3) is 3.27. The van der Waals surface area contributed by atoms with Crippen molar-refractivity contribution in [1.29, 1.82) is 0 Å². The van der Waals surface area contributed by atoms with E-state index in [2.05, 4.69) is 15.9 Å². The summed E-state index contributed by atoms with van der Waals surface area (Å²) in [4.78, 5) is 10.2. The van der Waals surface area contributed by atoms with Crippen LogP contribution in [0.1, 0.15) is 11.1 Å². The molecule has 0 heterocycles. The van der Waals surface area contributed by atoms with Crippen LogP contribution in [0.5, 0.6) is 5.75 Å². The molecule has 0 fully saturated rings. The number of aryl methyl sites for hydroxylation is 1.